The van der Waals surface area contributed by atoms with Crippen LogP contribution in [0.15, 0.2) is 30.3 Å². The lowest BCUT2D eigenvalue weighted by Gasteiger charge is -2.12. The molecule has 0 amide bonds. The van der Waals surface area contributed by atoms with Crippen molar-refractivity contribution in [1.82, 2.24) is 4.57 Å². The quantitative estimate of drug-likeness (QED) is 0.629. The molecular formula is C18H22N2O3. The lowest BCUT2D eigenvalue weighted by atomic mass is 10.1. The molecule has 0 fully saturated rings. The van der Waals surface area contributed by atoms with E-state index < -0.39 is 5.97 Å². The first-order valence-corrected chi connectivity index (χ1v) is 7.42. The van der Waals surface area contributed by atoms with Gasteiger partial charge in [-0.3, -0.25) is 4.79 Å². The summed E-state index contributed by atoms with van der Waals surface area (Å²) < 4.78 is 7.08. The van der Waals surface area contributed by atoms with Gasteiger partial charge in [0.1, 0.15) is 0 Å². The van der Waals surface area contributed by atoms with Gasteiger partial charge in [-0.1, -0.05) is 0 Å². The SMILES string of the molecule is Cc1cc(C(=O)COC(=O)c2ccc(N(C)C)cc2)c(C)n1C. The third-order valence-electron chi connectivity index (χ3n) is 4.03. The Bertz CT molecular complexity index is 727. The van der Waals surface area contributed by atoms with Crippen molar-refractivity contribution in [3.05, 3.63) is 52.8 Å². The Balaban J connectivity index is 2.01. The van der Waals surface area contributed by atoms with Gasteiger partial charge in [0.2, 0.25) is 5.78 Å². The van der Waals surface area contributed by atoms with Crippen LogP contribution in [0.5, 0.6) is 0 Å². The first kappa shape index (κ1) is 16.8. The molecule has 1 heterocycles. The van der Waals surface area contributed by atoms with Crippen LogP contribution >= 0.6 is 0 Å². The van der Waals surface area contributed by atoms with Gasteiger partial charge in [0.25, 0.3) is 0 Å². The van der Waals surface area contributed by atoms with Crippen molar-refractivity contribution < 1.29 is 14.3 Å². The van der Waals surface area contributed by atoms with E-state index in [0.717, 1.165) is 17.1 Å². The molecule has 0 saturated heterocycles. The largest absolute Gasteiger partial charge is 0.454 e. The number of Topliss-reactive ketones (excluding diaryl/α,β-unsaturated/α-hetero) is 1. The summed E-state index contributed by atoms with van der Waals surface area (Å²) >= 11 is 0. The molecule has 0 radical (unpaired) electrons. The van der Waals surface area contributed by atoms with Crippen molar-refractivity contribution in [2.45, 2.75) is 13.8 Å². The summed E-state index contributed by atoms with van der Waals surface area (Å²) in [6, 6.07) is 8.88. The molecule has 0 aliphatic rings. The second-order valence-electron chi connectivity index (χ2n) is 5.78. The van der Waals surface area contributed by atoms with Crippen molar-refractivity contribution in [2.24, 2.45) is 7.05 Å². The van der Waals surface area contributed by atoms with Crippen LogP contribution in [0, 0.1) is 13.8 Å². The molecule has 0 spiro atoms. The minimum absolute atomic E-state index is 0.190. The second kappa shape index (κ2) is 6.69. The number of anilines is 1. The zero-order valence-corrected chi connectivity index (χ0v) is 14.2. The summed E-state index contributed by atoms with van der Waals surface area (Å²) in [5, 5.41) is 0. The third kappa shape index (κ3) is 3.62. The average molecular weight is 314 g/mol. The van der Waals surface area contributed by atoms with Crippen LogP contribution in [-0.4, -0.2) is 37.0 Å². The Morgan fingerprint density at radius 3 is 2.22 bits per heavy atom. The fourth-order valence-electron chi connectivity index (χ4n) is 2.33. The summed E-state index contributed by atoms with van der Waals surface area (Å²) in [4.78, 5) is 26.2. The molecule has 1 aromatic heterocycles. The predicted molar refractivity (Wildman–Crippen MR) is 90.3 cm³/mol. The van der Waals surface area contributed by atoms with E-state index in [-0.39, 0.29) is 12.4 Å². The highest BCUT2D eigenvalue weighted by Crippen LogP contribution is 2.15. The van der Waals surface area contributed by atoms with Crippen LogP contribution in [0.2, 0.25) is 0 Å². The minimum Gasteiger partial charge on any atom is -0.454 e. The second-order valence-corrected chi connectivity index (χ2v) is 5.78. The van der Waals surface area contributed by atoms with Crippen LogP contribution in [0.3, 0.4) is 0 Å². The zero-order valence-electron chi connectivity index (χ0n) is 14.2. The number of hydrogen-bond acceptors (Lipinski definition) is 4. The minimum atomic E-state index is -0.492. The Morgan fingerprint density at radius 1 is 1.13 bits per heavy atom. The molecule has 0 aliphatic heterocycles. The summed E-state index contributed by atoms with van der Waals surface area (Å²) in [5.74, 6) is -0.682. The molecule has 0 unspecified atom stereocenters. The number of rotatable bonds is 5. The van der Waals surface area contributed by atoms with Gasteiger partial charge in [0.05, 0.1) is 5.56 Å². The van der Waals surface area contributed by atoms with E-state index in [0.29, 0.717) is 11.1 Å². The normalized spacial score (nSPS) is 10.5. The first-order chi connectivity index (χ1) is 10.8. The lowest BCUT2D eigenvalue weighted by molar-refractivity contribution is 0.0474. The highest BCUT2D eigenvalue weighted by molar-refractivity contribution is 6.00. The monoisotopic (exact) mass is 314 g/mol. The van der Waals surface area contributed by atoms with E-state index in [9.17, 15) is 9.59 Å². The van der Waals surface area contributed by atoms with Gasteiger partial charge in [0.15, 0.2) is 6.61 Å². The van der Waals surface area contributed by atoms with E-state index in [4.69, 9.17) is 4.74 Å². The van der Waals surface area contributed by atoms with Gasteiger partial charge < -0.3 is 14.2 Å². The van der Waals surface area contributed by atoms with Gasteiger partial charge >= 0.3 is 5.97 Å². The number of carbonyl (C=O) groups is 2. The molecule has 1 aromatic carbocycles. The number of aromatic nitrogens is 1. The maximum Gasteiger partial charge on any atom is 0.338 e. The van der Waals surface area contributed by atoms with Crippen LogP contribution in [0.1, 0.15) is 32.1 Å². The van der Waals surface area contributed by atoms with Gasteiger partial charge in [-0.2, -0.15) is 0 Å². The summed E-state index contributed by atoms with van der Waals surface area (Å²) in [6.07, 6.45) is 0. The molecule has 5 nitrogen and oxygen atoms in total. The highest BCUT2D eigenvalue weighted by atomic mass is 16.5. The van der Waals surface area contributed by atoms with Crippen LogP contribution < -0.4 is 4.90 Å². The number of benzene rings is 1. The molecule has 2 rings (SSSR count). The van der Waals surface area contributed by atoms with Crippen molar-refractivity contribution in [2.75, 3.05) is 25.6 Å². The van der Waals surface area contributed by atoms with Gasteiger partial charge in [-0.25, -0.2) is 4.79 Å². The Hall–Kier alpha value is -2.56. The molecule has 122 valence electrons. The Kier molecular flexibility index (Phi) is 4.89. The Labute approximate surface area is 136 Å². The van der Waals surface area contributed by atoms with Crippen molar-refractivity contribution >= 4 is 17.4 Å². The maximum absolute atomic E-state index is 12.2. The van der Waals surface area contributed by atoms with E-state index in [1.54, 1.807) is 12.1 Å². The van der Waals surface area contributed by atoms with Crippen LogP contribution in [-0.2, 0) is 11.8 Å². The first-order valence-electron chi connectivity index (χ1n) is 7.42. The molecular weight excluding hydrogens is 292 g/mol. The molecule has 0 aliphatic carbocycles. The number of hydrogen-bond donors (Lipinski definition) is 0. The number of esters is 1. The maximum atomic E-state index is 12.2. The number of aryl methyl sites for hydroxylation is 1. The fourth-order valence-corrected chi connectivity index (χ4v) is 2.33. The van der Waals surface area contributed by atoms with Crippen molar-refractivity contribution in [1.29, 1.82) is 0 Å². The van der Waals surface area contributed by atoms with E-state index in [2.05, 4.69) is 0 Å². The Morgan fingerprint density at radius 2 is 1.74 bits per heavy atom. The summed E-state index contributed by atoms with van der Waals surface area (Å²) in [5.41, 5.74) is 3.90. The molecule has 0 atom stereocenters. The van der Waals surface area contributed by atoms with E-state index >= 15 is 0 Å². The smallest absolute Gasteiger partial charge is 0.338 e. The molecule has 0 N–H and O–H groups in total. The van der Waals surface area contributed by atoms with Crippen molar-refractivity contribution in [3.8, 4) is 0 Å². The fraction of sp³-hybridized carbons (Fsp3) is 0.333. The van der Waals surface area contributed by atoms with Gasteiger partial charge in [0, 0.05) is 43.8 Å². The zero-order chi connectivity index (χ0) is 17.1. The summed E-state index contributed by atoms with van der Waals surface area (Å²) in [7, 11) is 5.76. The van der Waals surface area contributed by atoms with Gasteiger partial charge in [-0.15, -0.1) is 0 Å². The molecule has 23 heavy (non-hydrogen) atoms. The van der Waals surface area contributed by atoms with Crippen LogP contribution in [0.4, 0.5) is 5.69 Å². The molecule has 5 heteroatoms. The number of nitrogens with zero attached hydrogens (tertiary/aromatic N) is 2. The highest BCUT2D eigenvalue weighted by Gasteiger charge is 2.16. The van der Waals surface area contributed by atoms with Gasteiger partial charge in [-0.05, 0) is 44.2 Å². The third-order valence-corrected chi connectivity index (χ3v) is 4.03. The van der Waals surface area contributed by atoms with E-state index in [1.807, 2.05) is 62.7 Å². The van der Waals surface area contributed by atoms with Crippen molar-refractivity contribution in [3.63, 3.8) is 0 Å². The average Bonchev–Trinajstić information content (AvgIpc) is 2.80. The molecule has 2 aromatic rings. The number of ketones is 1. The number of carbonyl (C=O) groups excluding carboxylic acids is 2. The lowest BCUT2D eigenvalue weighted by Crippen LogP contribution is -2.15. The van der Waals surface area contributed by atoms with Crippen LogP contribution in [0.25, 0.3) is 0 Å². The summed E-state index contributed by atoms with van der Waals surface area (Å²) in [6.45, 7) is 3.56. The molecule has 0 saturated carbocycles. The topological polar surface area (TPSA) is 51.5 Å². The number of ether oxygens (including phenoxy) is 1. The standard InChI is InChI=1S/C18H22N2O3/c1-12-10-16(13(2)20(12)5)17(21)11-23-18(22)14-6-8-15(9-7-14)19(3)4/h6-10H,11H2,1-5H3. The molecule has 0 bridgehead atoms. The predicted octanol–water partition coefficient (Wildman–Crippen LogP) is 2.75. The van der Waals surface area contributed by atoms with E-state index in [1.165, 1.54) is 0 Å².